The standard InChI is InChI=1S/C28H34N2O4/c1-4-6-7-21(5-2)19-34-26(31)16-17-30-27(32)25(29-28(30)33)18-22-10-14-24(15-11-22)23-12-8-20(3)9-13-23/h8-15,18,21H,4-7,16-17,19H2,1-3H3,(H,29,33). The average Bonchev–Trinajstić information content (AvgIpc) is 3.10. The molecule has 1 saturated heterocycles. The lowest BCUT2D eigenvalue weighted by Crippen LogP contribution is -2.33. The van der Waals surface area contributed by atoms with E-state index in [9.17, 15) is 14.4 Å². The Morgan fingerprint density at radius 1 is 1.03 bits per heavy atom. The van der Waals surface area contributed by atoms with E-state index in [0.717, 1.165) is 47.3 Å². The van der Waals surface area contributed by atoms with Crippen molar-refractivity contribution in [3.63, 3.8) is 0 Å². The fourth-order valence-corrected chi connectivity index (χ4v) is 3.84. The Hall–Kier alpha value is -3.41. The summed E-state index contributed by atoms with van der Waals surface area (Å²) < 4.78 is 5.38. The van der Waals surface area contributed by atoms with Gasteiger partial charge in [0.05, 0.1) is 13.0 Å². The lowest BCUT2D eigenvalue weighted by molar-refractivity contribution is -0.145. The maximum Gasteiger partial charge on any atom is 0.329 e. The van der Waals surface area contributed by atoms with Crippen molar-refractivity contribution < 1.29 is 19.1 Å². The molecule has 1 heterocycles. The third kappa shape index (κ3) is 6.80. The molecule has 1 fully saturated rings. The number of nitrogens with one attached hydrogen (secondary N) is 1. The van der Waals surface area contributed by atoms with E-state index in [1.54, 1.807) is 6.08 Å². The van der Waals surface area contributed by atoms with E-state index in [4.69, 9.17) is 4.74 Å². The van der Waals surface area contributed by atoms with Gasteiger partial charge in [-0.15, -0.1) is 0 Å². The second-order valence-corrected chi connectivity index (χ2v) is 8.78. The van der Waals surface area contributed by atoms with Crippen LogP contribution in [0.15, 0.2) is 54.2 Å². The van der Waals surface area contributed by atoms with Gasteiger partial charge in [-0.1, -0.05) is 87.2 Å². The summed E-state index contributed by atoms with van der Waals surface area (Å²) in [5.74, 6) is -0.470. The number of ether oxygens (including phenoxy) is 1. The normalized spacial score (nSPS) is 15.5. The van der Waals surface area contributed by atoms with Gasteiger partial charge < -0.3 is 10.1 Å². The van der Waals surface area contributed by atoms with Gasteiger partial charge in [-0.25, -0.2) is 4.79 Å². The number of hydrogen-bond acceptors (Lipinski definition) is 4. The molecule has 3 amide bonds. The van der Waals surface area contributed by atoms with E-state index in [1.165, 1.54) is 5.56 Å². The first kappa shape index (κ1) is 25.2. The molecule has 2 aromatic carbocycles. The highest BCUT2D eigenvalue weighted by Gasteiger charge is 2.33. The number of unbranched alkanes of at least 4 members (excludes halogenated alkanes) is 1. The number of hydrogen-bond donors (Lipinski definition) is 1. The van der Waals surface area contributed by atoms with Crippen molar-refractivity contribution in [2.75, 3.05) is 13.2 Å². The van der Waals surface area contributed by atoms with Crippen LogP contribution in [0.4, 0.5) is 4.79 Å². The fourth-order valence-electron chi connectivity index (χ4n) is 3.84. The van der Waals surface area contributed by atoms with Crippen LogP contribution < -0.4 is 5.32 Å². The topological polar surface area (TPSA) is 75.7 Å². The Bertz CT molecular complexity index is 1030. The molecule has 1 unspecified atom stereocenters. The van der Waals surface area contributed by atoms with Gasteiger partial charge in [0.1, 0.15) is 5.70 Å². The molecule has 34 heavy (non-hydrogen) atoms. The number of carbonyl (C=O) groups is 3. The number of aryl methyl sites for hydroxylation is 1. The first-order valence-electron chi connectivity index (χ1n) is 12.1. The molecule has 0 aromatic heterocycles. The highest BCUT2D eigenvalue weighted by molar-refractivity contribution is 6.14. The quantitative estimate of drug-likeness (QED) is 0.264. The predicted molar refractivity (Wildman–Crippen MR) is 134 cm³/mol. The summed E-state index contributed by atoms with van der Waals surface area (Å²) in [4.78, 5) is 38.2. The van der Waals surface area contributed by atoms with Crippen LogP contribution in [0.3, 0.4) is 0 Å². The van der Waals surface area contributed by atoms with Gasteiger partial charge in [-0.3, -0.25) is 14.5 Å². The van der Waals surface area contributed by atoms with Crippen LogP contribution in [0.5, 0.6) is 0 Å². The molecule has 0 bridgehead atoms. The third-order valence-corrected chi connectivity index (χ3v) is 6.13. The van der Waals surface area contributed by atoms with Crippen LogP contribution >= 0.6 is 0 Å². The molecular formula is C28H34N2O4. The van der Waals surface area contributed by atoms with E-state index in [1.807, 2.05) is 24.3 Å². The molecule has 6 heteroatoms. The first-order valence-corrected chi connectivity index (χ1v) is 12.1. The number of carbonyl (C=O) groups excluding carboxylic acids is 3. The summed E-state index contributed by atoms with van der Waals surface area (Å²) >= 11 is 0. The third-order valence-electron chi connectivity index (χ3n) is 6.13. The molecule has 0 saturated carbocycles. The fraction of sp³-hybridized carbons (Fsp3) is 0.393. The molecule has 6 nitrogen and oxygen atoms in total. The Balaban J connectivity index is 1.54. The first-order chi connectivity index (χ1) is 16.4. The second-order valence-electron chi connectivity index (χ2n) is 8.78. The van der Waals surface area contributed by atoms with Crippen molar-refractivity contribution in [2.45, 2.75) is 52.9 Å². The Labute approximate surface area is 202 Å². The Kier molecular flexibility index (Phi) is 9.02. The van der Waals surface area contributed by atoms with Crippen molar-refractivity contribution in [3.8, 4) is 11.1 Å². The molecule has 1 aliphatic rings. The van der Waals surface area contributed by atoms with Crippen LogP contribution in [0.2, 0.25) is 0 Å². The number of esters is 1. The zero-order chi connectivity index (χ0) is 24.5. The molecule has 1 aliphatic heterocycles. The number of urea groups is 1. The van der Waals surface area contributed by atoms with Crippen molar-refractivity contribution in [1.29, 1.82) is 0 Å². The minimum Gasteiger partial charge on any atom is -0.465 e. The summed E-state index contributed by atoms with van der Waals surface area (Å²) in [5.41, 5.74) is 4.40. The smallest absolute Gasteiger partial charge is 0.329 e. The van der Waals surface area contributed by atoms with Gasteiger partial charge >= 0.3 is 12.0 Å². The number of rotatable bonds is 11. The van der Waals surface area contributed by atoms with Crippen molar-refractivity contribution in [1.82, 2.24) is 10.2 Å². The highest BCUT2D eigenvalue weighted by Crippen LogP contribution is 2.22. The number of nitrogens with zero attached hydrogens (tertiary/aromatic N) is 1. The van der Waals surface area contributed by atoms with Crippen LogP contribution in [0, 0.1) is 12.8 Å². The maximum absolute atomic E-state index is 12.7. The molecule has 3 rings (SSSR count). The average molecular weight is 463 g/mol. The van der Waals surface area contributed by atoms with Gasteiger partial charge in [0.25, 0.3) is 5.91 Å². The largest absolute Gasteiger partial charge is 0.465 e. The predicted octanol–water partition coefficient (Wildman–Crippen LogP) is 5.70. The van der Waals surface area contributed by atoms with E-state index in [0.29, 0.717) is 12.5 Å². The van der Waals surface area contributed by atoms with Gasteiger partial charge in [0, 0.05) is 6.54 Å². The van der Waals surface area contributed by atoms with Crippen LogP contribution in [-0.2, 0) is 14.3 Å². The van der Waals surface area contributed by atoms with Crippen molar-refractivity contribution in [2.24, 2.45) is 5.92 Å². The lowest BCUT2D eigenvalue weighted by Gasteiger charge is -2.15. The van der Waals surface area contributed by atoms with Gasteiger partial charge in [0.15, 0.2) is 0 Å². The van der Waals surface area contributed by atoms with E-state index in [2.05, 4.69) is 50.4 Å². The second kappa shape index (κ2) is 12.2. The van der Waals surface area contributed by atoms with Crippen LogP contribution in [0.25, 0.3) is 17.2 Å². The zero-order valence-electron chi connectivity index (χ0n) is 20.3. The number of imide groups is 1. The van der Waals surface area contributed by atoms with Crippen molar-refractivity contribution in [3.05, 3.63) is 65.4 Å². The summed E-state index contributed by atoms with van der Waals surface area (Å²) in [7, 11) is 0. The molecule has 0 spiro atoms. The molecule has 1 atom stereocenters. The number of amides is 3. The maximum atomic E-state index is 12.7. The van der Waals surface area contributed by atoms with E-state index >= 15 is 0 Å². The minimum absolute atomic E-state index is 0.00104. The van der Waals surface area contributed by atoms with Gasteiger partial charge in [0.2, 0.25) is 0 Å². The van der Waals surface area contributed by atoms with Crippen LogP contribution in [-0.4, -0.2) is 36.0 Å². The summed E-state index contributed by atoms with van der Waals surface area (Å²) in [6.07, 6.45) is 5.86. The Morgan fingerprint density at radius 2 is 1.68 bits per heavy atom. The molecule has 2 aromatic rings. The Morgan fingerprint density at radius 3 is 2.29 bits per heavy atom. The molecular weight excluding hydrogens is 428 g/mol. The molecule has 1 N–H and O–H groups in total. The minimum atomic E-state index is -0.519. The molecule has 0 aliphatic carbocycles. The number of benzene rings is 2. The summed E-state index contributed by atoms with van der Waals surface area (Å²) in [6, 6.07) is 15.5. The zero-order valence-corrected chi connectivity index (χ0v) is 20.3. The van der Waals surface area contributed by atoms with Crippen molar-refractivity contribution >= 4 is 24.0 Å². The lowest BCUT2D eigenvalue weighted by atomic mass is 10.0. The van der Waals surface area contributed by atoms with Gasteiger partial charge in [-0.05, 0) is 42.0 Å². The SMILES string of the molecule is CCCCC(CC)COC(=O)CCN1C(=O)NC(=Cc2ccc(-c3ccc(C)cc3)cc2)C1=O. The highest BCUT2D eigenvalue weighted by atomic mass is 16.5. The van der Waals surface area contributed by atoms with Gasteiger partial charge in [-0.2, -0.15) is 0 Å². The summed E-state index contributed by atoms with van der Waals surface area (Å²) in [6.45, 7) is 6.66. The summed E-state index contributed by atoms with van der Waals surface area (Å²) in [5, 5.41) is 2.61. The van der Waals surface area contributed by atoms with E-state index in [-0.39, 0.29) is 24.6 Å². The van der Waals surface area contributed by atoms with Crippen LogP contribution in [0.1, 0.15) is 57.1 Å². The monoisotopic (exact) mass is 462 g/mol. The molecule has 180 valence electrons. The van der Waals surface area contributed by atoms with E-state index < -0.39 is 11.9 Å². The molecule has 0 radical (unpaired) electrons.